The minimum absolute atomic E-state index is 0.0660. The van der Waals surface area contributed by atoms with E-state index in [0.717, 1.165) is 41.9 Å². The highest BCUT2D eigenvalue weighted by Gasteiger charge is 2.34. The molecule has 21 heavy (non-hydrogen) atoms. The number of hydrogen-bond donors (Lipinski definition) is 1. The lowest BCUT2D eigenvalue weighted by Gasteiger charge is -2.31. The van der Waals surface area contributed by atoms with Crippen molar-refractivity contribution in [2.24, 2.45) is 5.16 Å². The van der Waals surface area contributed by atoms with Crippen LogP contribution in [0.1, 0.15) is 12.0 Å². The molecular weight excluding hydrogens is 334 g/mol. The maximum atomic E-state index is 12.5. The molecule has 0 spiro atoms. The van der Waals surface area contributed by atoms with Gasteiger partial charge in [0.25, 0.3) is 5.91 Å². The predicted molar refractivity (Wildman–Crippen MR) is 83.4 cm³/mol. The third kappa shape index (κ3) is 3.27. The lowest BCUT2D eigenvalue weighted by Crippen LogP contribution is -3.12. The van der Waals surface area contributed by atoms with E-state index >= 15 is 0 Å². The van der Waals surface area contributed by atoms with Gasteiger partial charge in [-0.15, -0.1) is 0 Å². The summed E-state index contributed by atoms with van der Waals surface area (Å²) in [5.41, 5.74) is 1.84. The number of piperazine rings is 1. The molecule has 0 aliphatic carbocycles. The normalized spacial score (nSPS) is 22.9. The Kier molecular flexibility index (Phi) is 4.26. The number of benzene rings is 1. The maximum Gasteiger partial charge on any atom is 0.267 e. The molecule has 2 aliphatic heterocycles. The summed E-state index contributed by atoms with van der Waals surface area (Å²) in [6.07, 6.45) is 0.0893. The minimum Gasteiger partial charge on any atom is -0.382 e. The van der Waals surface area contributed by atoms with E-state index < -0.39 is 6.10 Å². The molecule has 0 unspecified atom stereocenters. The van der Waals surface area contributed by atoms with E-state index in [-0.39, 0.29) is 5.91 Å². The third-order valence-electron chi connectivity index (χ3n) is 4.03. The fourth-order valence-corrected chi connectivity index (χ4v) is 3.06. The van der Waals surface area contributed by atoms with Crippen LogP contribution in [0.4, 0.5) is 0 Å². The molecule has 1 atom stereocenters. The SMILES string of the molecule is C[NH+]1CCN(C(=O)[C@@H]2CC(c3cccc(Br)c3)=NO2)CC1. The lowest BCUT2D eigenvalue weighted by molar-refractivity contribution is -0.883. The summed E-state index contributed by atoms with van der Waals surface area (Å²) in [7, 11) is 2.16. The number of oxime groups is 1. The van der Waals surface area contributed by atoms with Gasteiger partial charge in [0.1, 0.15) is 0 Å². The van der Waals surface area contributed by atoms with Crippen LogP contribution in [0.25, 0.3) is 0 Å². The van der Waals surface area contributed by atoms with Crippen molar-refractivity contribution in [2.75, 3.05) is 33.2 Å². The van der Waals surface area contributed by atoms with E-state index in [2.05, 4.69) is 28.1 Å². The van der Waals surface area contributed by atoms with Crippen LogP contribution < -0.4 is 4.90 Å². The van der Waals surface area contributed by atoms with Gasteiger partial charge in [-0.25, -0.2) is 0 Å². The number of carbonyl (C=O) groups excluding carboxylic acids is 1. The van der Waals surface area contributed by atoms with Crippen molar-refractivity contribution in [3.63, 3.8) is 0 Å². The second kappa shape index (κ2) is 6.15. The average molecular weight is 353 g/mol. The van der Waals surface area contributed by atoms with E-state index in [1.54, 1.807) is 0 Å². The Bertz CT molecular complexity index is 568. The van der Waals surface area contributed by atoms with Crippen LogP contribution in [0.5, 0.6) is 0 Å². The van der Waals surface area contributed by atoms with Crippen LogP contribution in [0.2, 0.25) is 0 Å². The Morgan fingerprint density at radius 1 is 1.43 bits per heavy atom. The zero-order valence-corrected chi connectivity index (χ0v) is 13.6. The van der Waals surface area contributed by atoms with Crippen molar-refractivity contribution in [3.05, 3.63) is 34.3 Å². The molecule has 6 heteroatoms. The van der Waals surface area contributed by atoms with Gasteiger partial charge in [-0.2, -0.15) is 0 Å². The summed E-state index contributed by atoms with van der Waals surface area (Å²) in [6.45, 7) is 3.60. The van der Waals surface area contributed by atoms with Crippen molar-refractivity contribution in [1.29, 1.82) is 0 Å². The molecule has 2 aliphatic rings. The summed E-state index contributed by atoms with van der Waals surface area (Å²) >= 11 is 3.45. The van der Waals surface area contributed by atoms with Crippen LogP contribution in [-0.2, 0) is 9.63 Å². The summed E-state index contributed by atoms with van der Waals surface area (Å²) in [5, 5.41) is 4.10. The molecule has 1 N–H and O–H groups in total. The second-order valence-electron chi connectivity index (χ2n) is 5.63. The summed E-state index contributed by atoms with van der Waals surface area (Å²) < 4.78 is 1.000. The van der Waals surface area contributed by atoms with Crippen molar-refractivity contribution in [1.82, 2.24) is 4.90 Å². The zero-order chi connectivity index (χ0) is 14.8. The Labute approximate surface area is 132 Å². The first-order chi connectivity index (χ1) is 10.1. The van der Waals surface area contributed by atoms with E-state index in [1.807, 2.05) is 29.2 Å². The van der Waals surface area contributed by atoms with E-state index in [1.165, 1.54) is 4.90 Å². The average Bonchev–Trinajstić information content (AvgIpc) is 2.97. The first-order valence-electron chi connectivity index (χ1n) is 7.22. The van der Waals surface area contributed by atoms with Crippen LogP contribution >= 0.6 is 15.9 Å². The highest BCUT2D eigenvalue weighted by atomic mass is 79.9. The van der Waals surface area contributed by atoms with Gasteiger partial charge >= 0.3 is 0 Å². The standard InChI is InChI=1S/C15H18BrN3O2/c1-18-5-7-19(8-6-18)15(20)14-10-13(17-21-14)11-3-2-4-12(16)9-11/h2-4,9,14H,5-8,10H2,1H3/p+1/t14-/m0/s1. The summed E-state index contributed by atoms with van der Waals surface area (Å²) in [5.74, 6) is 0.0660. The summed E-state index contributed by atoms with van der Waals surface area (Å²) in [4.78, 5) is 21.2. The first kappa shape index (κ1) is 14.5. The number of amides is 1. The highest BCUT2D eigenvalue weighted by molar-refractivity contribution is 9.10. The van der Waals surface area contributed by atoms with Crippen LogP contribution in [-0.4, -0.2) is 55.8 Å². The molecule has 112 valence electrons. The van der Waals surface area contributed by atoms with Gasteiger partial charge < -0.3 is 14.6 Å². The number of nitrogens with zero attached hydrogens (tertiary/aromatic N) is 2. The Morgan fingerprint density at radius 2 is 2.19 bits per heavy atom. The van der Waals surface area contributed by atoms with Crippen LogP contribution in [0.3, 0.4) is 0 Å². The Balaban J connectivity index is 1.62. The molecular formula is C15H19BrN3O2+. The molecule has 2 heterocycles. The maximum absolute atomic E-state index is 12.5. The molecule has 0 bridgehead atoms. The van der Waals surface area contributed by atoms with Crippen LogP contribution in [0, 0.1) is 0 Å². The fraction of sp³-hybridized carbons (Fsp3) is 0.467. The highest BCUT2D eigenvalue weighted by Crippen LogP contribution is 2.21. The number of quaternary nitrogens is 1. The van der Waals surface area contributed by atoms with Gasteiger partial charge in [-0.3, -0.25) is 4.79 Å². The van der Waals surface area contributed by atoms with Crippen molar-refractivity contribution < 1.29 is 14.5 Å². The van der Waals surface area contributed by atoms with Gasteiger partial charge in [-0.1, -0.05) is 33.2 Å². The number of nitrogens with one attached hydrogen (secondary N) is 1. The fourth-order valence-electron chi connectivity index (χ4n) is 2.66. The smallest absolute Gasteiger partial charge is 0.267 e. The summed E-state index contributed by atoms with van der Waals surface area (Å²) in [6, 6.07) is 7.91. The molecule has 0 aromatic heterocycles. The molecule has 3 rings (SSSR count). The first-order valence-corrected chi connectivity index (χ1v) is 8.01. The van der Waals surface area contributed by atoms with Gasteiger partial charge in [0.15, 0.2) is 0 Å². The molecule has 0 saturated carbocycles. The molecule has 0 radical (unpaired) electrons. The van der Waals surface area contributed by atoms with Crippen molar-refractivity contribution in [3.8, 4) is 0 Å². The molecule has 1 amide bonds. The van der Waals surface area contributed by atoms with E-state index in [4.69, 9.17) is 4.84 Å². The number of rotatable bonds is 2. The molecule has 1 saturated heterocycles. The number of halogens is 1. The van der Waals surface area contributed by atoms with E-state index in [0.29, 0.717) is 6.42 Å². The monoisotopic (exact) mass is 352 g/mol. The second-order valence-corrected chi connectivity index (χ2v) is 6.54. The minimum atomic E-state index is -0.461. The van der Waals surface area contributed by atoms with Gasteiger partial charge in [0.05, 0.1) is 38.9 Å². The van der Waals surface area contributed by atoms with Crippen LogP contribution in [0.15, 0.2) is 33.9 Å². The topological polar surface area (TPSA) is 46.3 Å². The largest absolute Gasteiger partial charge is 0.382 e. The van der Waals surface area contributed by atoms with Gasteiger partial charge in [-0.05, 0) is 12.1 Å². The Morgan fingerprint density at radius 3 is 2.90 bits per heavy atom. The van der Waals surface area contributed by atoms with Crippen molar-refractivity contribution in [2.45, 2.75) is 12.5 Å². The molecule has 5 nitrogen and oxygen atoms in total. The quantitative estimate of drug-likeness (QED) is 0.832. The molecule has 1 fully saturated rings. The lowest BCUT2D eigenvalue weighted by atomic mass is 10.0. The zero-order valence-electron chi connectivity index (χ0n) is 12.0. The number of hydrogen-bond acceptors (Lipinski definition) is 3. The third-order valence-corrected chi connectivity index (χ3v) is 4.52. The van der Waals surface area contributed by atoms with Crippen molar-refractivity contribution >= 4 is 27.5 Å². The molecule has 1 aromatic carbocycles. The van der Waals surface area contributed by atoms with E-state index in [9.17, 15) is 4.79 Å². The molecule has 1 aromatic rings. The van der Waals surface area contributed by atoms with Gasteiger partial charge in [0.2, 0.25) is 6.10 Å². The van der Waals surface area contributed by atoms with Gasteiger partial charge in [0, 0.05) is 16.5 Å². The number of carbonyl (C=O) groups is 1. The predicted octanol–water partition coefficient (Wildman–Crippen LogP) is 0.299. The number of likely N-dealkylation sites (N-methyl/N-ethyl adjacent to an activating group) is 1. The Hall–Kier alpha value is -1.40.